The summed E-state index contributed by atoms with van der Waals surface area (Å²) in [4.78, 5) is 29.7. The molecule has 1 atom stereocenters. The molecule has 33 heavy (non-hydrogen) atoms. The van der Waals surface area contributed by atoms with Crippen LogP contribution in [0, 0.1) is 0 Å². The number of pyridine rings is 1. The number of ether oxygens (including phenoxy) is 2. The fraction of sp³-hybridized carbons (Fsp3) is 0.148. The molecule has 0 saturated heterocycles. The monoisotopic (exact) mass is 440 g/mol. The first-order valence-corrected chi connectivity index (χ1v) is 10.6. The summed E-state index contributed by atoms with van der Waals surface area (Å²) in [5.41, 5.74) is 2.94. The molecule has 6 heteroatoms. The molecule has 0 aliphatic heterocycles. The summed E-state index contributed by atoms with van der Waals surface area (Å²) in [6, 6.07) is 25.6. The molecule has 166 valence electrons. The number of carbonyl (C=O) groups excluding carboxylic acids is 2. The molecule has 1 amide bonds. The molecule has 1 aromatic heterocycles. The van der Waals surface area contributed by atoms with Crippen LogP contribution in [0.4, 0.5) is 0 Å². The Morgan fingerprint density at radius 2 is 1.64 bits per heavy atom. The molecular weight excluding hydrogens is 416 g/mol. The zero-order valence-electron chi connectivity index (χ0n) is 18.2. The standard InChI is InChI=1S/C27H24N2O4/c1-32-27(31)24(29-26(30)23-11-5-9-21-10-6-16-28-25(21)23)17-19-12-14-22(15-13-19)33-18-20-7-3-2-4-8-20/h2-16,24H,17-18H2,1H3,(H,29,30)/t24-/m1/s1. The van der Waals surface area contributed by atoms with E-state index in [1.807, 2.05) is 72.8 Å². The molecule has 0 spiro atoms. The van der Waals surface area contributed by atoms with Gasteiger partial charge in [0.05, 0.1) is 18.2 Å². The summed E-state index contributed by atoms with van der Waals surface area (Å²) in [6.07, 6.45) is 1.92. The van der Waals surface area contributed by atoms with Crippen LogP contribution in [0.15, 0.2) is 91.1 Å². The number of aromatic nitrogens is 1. The van der Waals surface area contributed by atoms with E-state index in [9.17, 15) is 9.59 Å². The van der Waals surface area contributed by atoms with Gasteiger partial charge >= 0.3 is 5.97 Å². The van der Waals surface area contributed by atoms with E-state index < -0.39 is 12.0 Å². The van der Waals surface area contributed by atoms with Gasteiger partial charge in [0.1, 0.15) is 18.4 Å². The molecule has 4 rings (SSSR count). The van der Waals surface area contributed by atoms with Gasteiger partial charge in [-0.25, -0.2) is 4.79 Å². The van der Waals surface area contributed by atoms with Crippen molar-refractivity contribution in [3.8, 4) is 5.75 Å². The lowest BCUT2D eigenvalue weighted by molar-refractivity contribution is -0.142. The van der Waals surface area contributed by atoms with Crippen LogP contribution in [0.25, 0.3) is 10.9 Å². The second-order valence-corrected chi connectivity index (χ2v) is 7.55. The summed E-state index contributed by atoms with van der Waals surface area (Å²) in [6.45, 7) is 0.472. The number of benzene rings is 3. The summed E-state index contributed by atoms with van der Waals surface area (Å²) in [7, 11) is 1.31. The molecule has 0 bridgehead atoms. The number of hydrogen-bond acceptors (Lipinski definition) is 5. The molecule has 3 aromatic carbocycles. The molecule has 1 N–H and O–H groups in total. The van der Waals surface area contributed by atoms with Crippen LogP contribution in [0.1, 0.15) is 21.5 Å². The summed E-state index contributed by atoms with van der Waals surface area (Å²) >= 11 is 0. The molecule has 0 saturated carbocycles. The van der Waals surface area contributed by atoms with Gasteiger partial charge in [0.25, 0.3) is 5.91 Å². The van der Waals surface area contributed by atoms with Gasteiger partial charge < -0.3 is 14.8 Å². The number of nitrogens with zero attached hydrogens (tertiary/aromatic N) is 1. The van der Waals surface area contributed by atoms with Gasteiger partial charge in [-0.1, -0.05) is 60.7 Å². The van der Waals surface area contributed by atoms with E-state index in [2.05, 4.69) is 10.3 Å². The van der Waals surface area contributed by atoms with E-state index in [1.54, 1.807) is 18.3 Å². The van der Waals surface area contributed by atoms with Crippen molar-refractivity contribution in [3.05, 3.63) is 108 Å². The topological polar surface area (TPSA) is 77.5 Å². The molecular formula is C27H24N2O4. The minimum Gasteiger partial charge on any atom is -0.489 e. The minimum atomic E-state index is -0.836. The third kappa shape index (κ3) is 5.54. The quantitative estimate of drug-likeness (QED) is 0.413. The Labute approximate surface area is 192 Å². The molecule has 6 nitrogen and oxygen atoms in total. The van der Waals surface area contributed by atoms with Crippen LogP contribution in [0.5, 0.6) is 5.75 Å². The molecule has 0 unspecified atom stereocenters. The first-order valence-electron chi connectivity index (χ1n) is 10.6. The maximum atomic E-state index is 13.0. The van der Waals surface area contributed by atoms with Crippen molar-refractivity contribution in [2.75, 3.05) is 7.11 Å². The van der Waals surface area contributed by atoms with E-state index in [1.165, 1.54) is 7.11 Å². The highest BCUT2D eigenvalue weighted by atomic mass is 16.5. The molecule has 0 aliphatic carbocycles. The smallest absolute Gasteiger partial charge is 0.328 e. The van der Waals surface area contributed by atoms with Crippen LogP contribution in [0.3, 0.4) is 0 Å². The maximum Gasteiger partial charge on any atom is 0.328 e. The molecule has 0 radical (unpaired) electrons. The summed E-state index contributed by atoms with van der Waals surface area (Å²) in [5.74, 6) is -0.165. The Balaban J connectivity index is 1.44. The fourth-order valence-electron chi connectivity index (χ4n) is 3.56. The molecule has 1 heterocycles. The third-order valence-corrected chi connectivity index (χ3v) is 5.28. The average molecular weight is 440 g/mol. The van der Waals surface area contributed by atoms with Gasteiger partial charge in [-0.05, 0) is 35.4 Å². The van der Waals surface area contributed by atoms with Crippen molar-refractivity contribution in [2.24, 2.45) is 0 Å². The van der Waals surface area contributed by atoms with Gasteiger partial charge in [0.2, 0.25) is 0 Å². The molecule has 4 aromatic rings. The molecule has 0 fully saturated rings. The summed E-state index contributed by atoms with van der Waals surface area (Å²) in [5, 5.41) is 3.65. The van der Waals surface area contributed by atoms with Gasteiger partial charge in [-0.2, -0.15) is 0 Å². The predicted octanol–water partition coefficient (Wildman–Crippen LogP) is 4.33. The number of hydrogen-bond donors (Lipinski definition) is 1. The van der Waals surface area contributed by atoms with Crippen molar-refractivity contribution in [3.63, 3.8) is 0 Å². The number of esters is 1. The number of amides is 1. The van der Waals surface area contributed by atoms with E-state index in [0.717, 1.165) is 22.3 Å². The predicted molar refractivity (Wildman–Crippen MR) is 126 cm³/mol. The highest BCUT2D eigenvalue weighted by Crippen LogP contribution is 2.18. The largest absolute Gasteiger partial charge is 0.489 e. The number of para-hydroxylation sites is 1. The zero-order chi connectivity index (χ0) is 23.0. The zero-order valence-corrected chi connectivity index (χ0v) is 18.2. The highest BCUT2D eigenvalue weighted by Gasteiger charge is 2.23. The van der Waals surface area contributed by atoms with Crippen LogP contribution < -0.4 is 10.1 Å². The van der Waals surface area contributed by atoms with Crippen LogP contribution in [-0.2, 0) is 22.6 Å². The SMILES string of the molecule is COC(=O)[C@@H](Cc1ccc(OCc2ccccc2)cc1)NC(=O)c1cccc2cccnc12. The van der Waals surface area contributed by atoms with E-state index in [-0.39, 0.29) is 12.3 Å². The van der Waals surface area contributed by atoms with E-state index in [0.29, 0.717) is 17.7 Å². The van der Waals surface area contributed by atoms with Crippen molar-refractivity contribution < 1.29 is 19.1 Å². The first-order chi connectivity index (χ1) is 16.1. The average Bonchev–Trinajstić information content (AvgIpc) is 2.87. The third-order valence-electron chi connectivity index (χ3n) is 5.28. The number of fused-ring (bicyclic) bond motifs is 1. The van der Waals surface area contributed by atoms with Crippen molar-refractivity contribution in [1.82, 2.24) is 10.3 Å². The van der Waals surface area contributed by atoms with Gasteiger partial charge in [0, 0.05) is 18.0 Å². The Kier molecular flexibility index (Phi) is 6.95. The Bertz CT molecular complexity index is 1230. The second kappa shape index (κ2) is 10.4. The van der Waals surface area contributed by atoms with Gasteiger partial charge in [0.15, 0.2) is 0 Å². The van der Waals surface area contributed by atoms with Gasteiger partial charge in [-0.3, -0.25) is 9.78 Å². The normalized spacial score (nSPS) is 11.5. The van der Waals surface area contributed by atoms with E-state index in [4.69, 9.17) is 9.47 Å². The number of rotatable bonds is 8. The Hall–Kier alpha value is -4.19. The number of carbonyl (C=O) groups is 2. The number of nitrogens with one attached hydrogen (secondary N) is 1. The lowest BCUT2D eigenvalue weighted by Crippen LogP contribution is -2.43. The van der Waals surface area contributed by atoms with E-state index >= 15 is 0 Å². The number of methoxy groups -OCH3 is 1. The fourth-order valence-corrected chi connectivity index (χ4v) is 3.56. The molecule has 0 aliphatic rings. The maximum absolute atomic E-state index is 13.0. The van der Waals surface area contributed by atoms with Crippen LogP contribution in [-0.4, -0.2) is 30.0 Å². The second-order valence-electron chi connectivity index (χ2n) is 7.55. The first kappa shape index (κ1) is 22.0. The lowest BCUT2D eigenvalue weighted by atomic mass is 10.0. The Morgan fingerprint density at radius 3 is 2.39 bits per heavy atom. The van der Waals surface area contributed by atoms with Crippen LogP contribution >= 0.6 is 0 Å². The lowest BCUT2D eigenvalue weighted by Gasteiger charge is -2.17. The minimum absolute atomic E-state index is 0.287. The van der Waals surface area contributed by atoms with Crippen molar-refractivity contribution in [1.29, 1.82) is 0 Å². The van der Waals surface area contributed by atoms with Gasteiger partial charge in [-0.15, -0.1) is 0 Å². The summed E-state index contributed by atoms with van der Waals surface area (Å²) < 4.78 is 10.7. The Morgan fingerprint density at radius 1 is 0.879 bits per heavy atom. The van der Waals surface area contributed by atoms with Crippen molar-refractivity contribution >= 4 is 22.8 Å². The highest BCUT2D eigenvalue weighted by molar-refractivity contribution is 6.06. The van der Waals surface area contributed by atoms with Crippen molar-refractivity contribution in [2.45, 2.75) is 19.1 Å². The van der Waals surface area contributed by atoms with Crippen LogP contribution in [0.2, 0.25) is 0 Å².